The van der Waals surface area contributed by atoms with Crippen molar-refractivity contribution >= 4 is 11.3 Å². The molecule has 1 unspecified atom stereocenters. The molecule has 0 aliphatic heterocycles. The predicted octanol–water partition coefficient (Wildman–Crippen LogP) is 2.65. The Morgan fingerprint density at radius 2 is 2.38 bits per heavy atom. The quantitative estimate of drug-likeness (QED) is 0.758. The Hall–Kier alpha value is -1.99. The Kier molecular flexibility index (Phi) is 4.12. The van der Waals surface area contributed by atoms with Gasteiger partial charge in [-0.05, 0) is 30.9 Å². The van der Waals surface area contributed by atoms with Gasteiger partial charge in [-0.25, -0.2) is 0 Å². The zero-order chi connectivity index (χ0) is 14.7. The van der Waals surface area contributed by atoms with Gasteiger partial charge in [-0.3, -0.25) is 4.68 Å². The normalized spacial score (nSPS) is 12.7. The molecule has 7 heteroatoms. The zero-order valence-electron chi connectivity index (χ0n) is 12.0. The number of nitrogens with zero attached hydrogens (tertiary/aromatic N) is 4. The number of rotatable bonds is 6. The molecule has 0 saturated heterocycles. The minimum absolute atomic E-state index is 0.0165. The molecule has 0 spiro atoms. The fourth-order valence-electron chi connectivity index (χ4n) is 1.99. The van der Waals surface area contributed by atoms with Crippen LogP contribution in [0.3, 0.4) is 0 Å². The predicted molar refractivity (Wildman–Crippen MR) is 81.0 cm³/mol. The van der Waals surface area contributed by atoms with Gasteiger partial charge in [0, 0.05) is 12.7 Å². The van der Waals surface area contributed by atoms with E-state index in [1.165, 1.54) is 5.56 Å². The van der Waals surface area contributed by atoms with Crippen molar-refractivity contribution in [3.63, 3.8) is 0 Å². The molecule has 3 rings (SSSR count). The van der Waals surface area contributed by atoms with Crippen LogP contribution in [0, 0.1) is 6.92 Å². The molecule has 3 aromatic rings. The lowest BCUT2D eigenvalue weighted by molar-refractivity contribution is 0.336. The molecule has 3 aromatic heterocycles. The fraction of sp³-hybridized carbons (Fsp3) is 0.357. The molecular formula is C14H17N5OS. The van der Waals surface area contributed by atoms with Crippen LogP contribution < -0.4 is 5.32 Å². The molecule has 0 radical (unpaired) electrons. The van der Waals surface area contributed by atoms with Gasteiger partial charge in [-0.2, -0.15) is 10.1 Å². The Bertz CT molecular complexity index is 688. The summed E-state index contributed by atoms with van der Waals surface area (Å²) in [6.07, 6.45) is 3.88. The van der Waals surface area contributed by atoms with Crippen molar-refractivity contribution < 1.29 is 4.52 Å². The Morgan fingerprint density at radius 1 is 1.48 bits per heavy atom. The molecule has 0 amide bonds. The van der Waals surface area contributed by atoms with Gasteiger partial charge in [-0.1, -0.05) is 11.2 Å². The third-order valence-electron chi connectivity index (χ3n) is 3.11. The molecule has 110 valence electrons. The zero-order valence-corrected chi connectivity index (χ0v) is 12.8. The second-order valence-electron chi connectivity index (χ2n) is 4.89. The van der Waals surface area contributed by atoms with Gasteiger partial charge in [0.05, 0.1) is 23.7 Å². The highest BCUT2D eigenvalue weighted by atomic mass is 32.1. The minimum atomic E-state index is 0.0165. The number of aromatic nitrogens is 4. The molecule has 0 aliphatic carbocycles. The monoisotopic (exact) mass is 303 g/mol. The van der Waals surface area contributed by atoms with Crippen LogP contribution in [-0.2, 0) is 6.54 Å². The van der Waals surface area contributed by atoms with Gasteiger partial charge >= 0.3 is 0 Å². The summed E-state index contributed by atoms with van der Waals surface area (Å²) < 4.78 is 7.23. The summed E-state index contributed by atoms with van der Waals surface area (Å²) in [6, 6.07) is 3.98. The van der Waals surface area contributed by atoms with E-state index in [1.807, 2.05) is 48.4 Å². The first-order chi connectivity index (χ1) is 10.2. The van der Waals surface area contributed by atoms with E-state index >= 15 is 0 Å². The largest absolute Gasteiger partial charge is 0.337 e. The SMILES string of the molecule is Cc1cnn(CCNC(C)c2nc(-c3cccs3)no2)c1. The topological polar surface area (TPSA) is 68.8 Å². The first-order valence-electron chi connectivity index (χ1n) is 6.82. The van der Waals surface area contributed by atoms with Crippen molar-refractivity contribution in [2.45, 2.75) is 26.4 Å². The number of thiophene rings is 1. The maximum absolute atomic E-state index is 5.32. The van der Waals surface area contributed by atoms with Crippen LogP contribution in [-0.4, -0.2) is 26.5 Å². The van der Waals surface area contributed by atoms with Gasteiger partial charge in [0.2, 0.25) is 11.7 Å². The smallest absolute Gasteiger partial charge is 0.243 e. The molecule has 0 aliphatic rings. The van der Waals surface area contributed by atoms with Crippen LogP contribution >= 0.6 is 11.3 Å². The minimum Gasteiger partial charge on any atom is -0.337 e. The lowest BCUT2D eigenvalue weighted by Crippen LogP contribution is -2.23. The summed E-state index contributed by atoms with van der Waals surface area (Å²) in [5.41, 5.74) is 1.17. The molecule has 0 fully saturated rings. The summed E-state index contributed by atoms with van der Waals surface area (Å²) >= 11 is 1.60. The molecule has 3 heterocycles. The molecule has 6 nitrogen and oxygen atoms in total. The van der Waals surface area contributed by atoms with E-state index in [1.54, 1.807) is 11.3 Å². The number of nitrogens with one attached hydrogen (secondary N) is 1. The van der Waals surface area contributed by atoms with E-state index in [4.69, 9.17) is 4.52 Å². The summed E-state index contributed by atoms with van der Waals surface area (Å²) in [6.45, 7) is 5.65. The summed E-state index contributed by atoms with van der Waals surface area (Å²) in [5, 5.41) is 13.6. The number of aryl methyl sites for hydroxylation is 1. The van der Waals surface area contributed by atoms with E-state index in [0.29, 0.717) is 11.7 Å². The molecule has 1 N–H and O–H groups in total. The van der Waals surface area contributed by atoms with E-state index in [9.17, 15) is 0 Å². The summed E-state index contributed by atoms with van der Waals surface area (Å²) in [7, 11) is 0. The first-order valence-corrected chi connectivity index (χ1v) is 7.70. The van der Waals surface area contributed by atoms with Crippen LogP contribution in [0.25, 0.3) is 10.7 Å². The van der Waals surface area contributed by atoms with Crippen LogP contribution in [0.2, 0.25) is 0 Å². The highest BCUT2D eigenvalue weighted by molar-refractivity contribution is 7.13. The Balaban J connectivity index is 1.54. The van der Waals surface area contributed by atoms with Crippen LogP contribution in [0.15, 0.2) is 34.4 Å². The lowest BCUT2D eigenvalue weighted by atomic mass is 10.3. The van der Waals surface area contributed by atoms with Crippen LogP contribution in [0.5, 0.6) is 0 Å². The van der Waals surface area contributed by atoms with E-state index in [0.717, 1.165) is 18.0 Å². The molecule has 1 atom stereocenters. The summed E-state index contributed by atoms with van der Waals surface area (Å²) in [4.78, 5) is 5.45. The van der Waals surface area contributed by atoms with Crippen LogP contribution in [0.4, 0.5) is 0 Å². The van der Waals surface area contributed by atoms with Gasteiger partial charge in [0.1, 0.15) is 0 Å². The lowest BCUT2D eigenvalue weighted by Gasteiger charge is -2.09. The van der Waals surface area contributed by atoms with Crippen molar-refractivity contribution in [2.75, 3.05) is 6.54 Å². The standard InChI is InChI=1S/C14H17N5OS/c1-10-8-16-19(9-10)6-5-15-11(2)14-17-13(18-20-14)12-4-3-7-21-12/h3-4,7-9,11,15H,5-6H2,1-2H3. The Morgan fingerprint density at radius 3 is 3.10 bits per heavy atom. The van der Waals surface area contributed by atoms with Crippen molar-refractivity contribution in [1.29, 1.82) is 0 Å². The molecular weight excluding hydrogens is 286 g/mol. The fourth-order valence-corrected chi connectivity index (χ4v) is 2.64. The second kappa shape index (κ2) is 6.19. The maximum atomic E-state index is 5.32. The van der Waals surface area contributed by atoms with E-state index in [2.05, 4.69) is 20.6 Å². The highest BCUT2D eigenvalue weighted by Gasteiger charge is 2.15. The molecule has 0 aromatic carbocycles. The van der Waals surface area contributed by atoms with Crippen LogP contribution in [0.1, 0.15) is 24.4 Å². The van der Waals surface area contributed by atoms with Gasteiger partial charge in [0.15, 0.2) is 0 Å². The van der Waals surface area contributed by atoms with Crippen molar-refractivity contribution in [2.24, 2.45) is 0 Å². The first kappa shape index (κ1) is 14.0. The number of hydrogen-bond donors (Lipinski definition) is 1. The third kappa shape index (κ3) is 3.37. The maximum Gasteiger partial charge on any atom is 0.243 e. The molecule has 0 saturated carbocycles. The highest BCUT2D eigenvalue weighted by Crippen LogP contribution is 2.22. The van der Waals surface area contributed by atoms with Gasteiger partial charge < -0.3 is 9.84 Å². The Labute approximate surface area is 126 Å². The van der Waals surface area contributed by atoms with E-state index < -0.39 is 0 Å². The summed E-state index contributed by atoms with van der Waals surface area (Å²) in [5.74, 6) is 1.26. The van der Waals surface area contributed by atoms with Gasteiger partial charge in [-0.15, -0.1) is 11.3 Å². The average molecular weight is 303 g/mol. The molecule has 0 bridgehead atoms. The molecule has 21 heavy (non-hydrogen) atoms. The van der Waals surface area contributed by atoms with Crippen molar-refractivity contribution in [3.05, 3.63) is 41.4 Å². The van der Waals surface area contributed by atoms with Crippen molar-refractivity contribution in [1.82, 2.24) is 25.2 Å². The van der Waals surface area contributed by atoms with E-state index in [-0.39, 0.29) is 6.04 Å². The second-order valence-corrected chi connectivity index (χ2v) is 5.84. The number of hydrogen-bond acceptors (Lipinski definition) is 6. The van der Waals surface area contributed by atoms with Gasteiger partial charge in [0.25, 0.3) is 0 Å². The average Bonchev–Trinajstić information content (AvgIpc) is 3.19. The third-order valence-corrected chi connectivity index (χ3v) is 3.97. The van der Waals surface area contributed by atoms with Crippen molar-refractivity contribution in [3.8, 4) is 10.7 Å².